The molecule has 0 saturated carbocycles. The minimum atomic E-state index is -0.532. The second kappa shape index (κ2) is 11.8. The molecule has 2 rings (SSSR count). The van der Waals surface area contributed by atoms with Crippen molar-refractivity contribution in [2.75, 3.05) is 33.0 Å². The quantitative estimate of drug-likeness (QED) is 0.451. The molecule has 1 amide bonds. The molecule has 0 unspecified atom stereocenters. The Balaban J connectivity index is 1.76. The lowest BCUT2D eigenvalue weighted by molar-refractivity contribution is 0.0485. The number of aromatic nitrogens is 2. The van der Waals surface area contributed by atoms with E-state index in [1.807, 2.05) is 0 Å². The van der Waals surface area contributed by atoms with Crippen molar-refractivity contribution in [1.82, 2.24) is 15.3 Å². The van der Waals surface area contributed by atoms with E-state index in [9.17, 15) is 9.59 Å². The van der Waals surface area contributed by atoms with Crippen molar-refractivity contribution in [3.63, 3.8) is 0 Å². The summed E-state index contributed by atoms with van der Waals surface area (Å²) in [5.41, 5.74) is 1.09. The van der Waals surface area contributed by atoms with Crippen molar-refractivity contribution in [2.45, 2.75) is 33.3 Å². The molecule has 0 spiro atoms. The highest BCUT2D eigenvalue weighted by Crippen LogP contribution is 2.21. The molecular formula is C22H29N3O6. The first-order chi connectivity index (χ1) is 14.8. The van der Waals surface area contributed by atoms with Gasteiger partial charge in [0.05, 0.1) is 25.5 Å². The minimum absolute atomic E-state index is 0.243. The Morgan fingerprint density at radius 2 is 1.90 bits per heavy atom. The van der Waals surface area contributed by atoms with Crippen molar-refractivity contribution < 1.29 is 28.5 Å². The second-order valence-corrected chi connectivity index (χ2v) is 7.40. The van der Waals surface area contributed by atoms with Crippen molar-refractivity contribution in [1.29, 1.82) is 0 Å². The lowest BCUT2D eigenvalue weighted by atomic mass is 10.1. The van der Waals surface area contributed by atoms with E-state index in [2.05, 4.69) is 15.3 Å². The molecule has 0 aromatic carbocycles. The predicted molar refractivity (Wildman–Crippen MR) is 114 cm³/mol. The van der Waals surface area contributed by atoms with E-state index in [0.717, 1.165) is 5.56 Å². The van der Waals surface area contributed by atoms with Crippen LogP contribution in [0.25, 0.3) is 11.3 Å². The largest absolute Gasteiger partial charge is 0.475 e. The smallest absolute Gasteiger partial charge is 0.407 e. The fourth-order valence-electron chi connectivity index (χ4n) is 2.41. The molecule has 0 aliphatic carbocycles. The van der Waals surface area contributed by atoms with Crippen LogP contribution in [0.2, 0.25) is 0 Å². The number of amides is 1. The highest BCUT2D eigenvalue weighted by atomic mass is 16.6. The van der Waals surface area contributed by atoms with E-state index in [1.54, 1.807) is 64.2 Å². The van der Waals surface area contributed by atoms with E-state index >= 15 is 0 Å². The van der Waals surface area contributed by atoms with Gasteiger partial charge in [-0.3, -0.25) is 0 Å². The summed E-state index contributed by atoms with van der Waals surface area (Å²) in [5.74, 6) is -0.0514. The molecule has 9 heteroatoms. The Kier molecular flexibility index (Phi) is 9.20. The van der Waals surface area contributed by atoms with E-state index in [-0.39, 0.29) is 12.3 Å². The fraction of sp³-hybridized carbons (Fsp3) is 0.455. The number of nitrogens with one attached hydrogen (secondary N) is 1. The molecule has 9 nitrogen and oxygen atoms in total. The molecule has 0 aliphatic heterocycles. The van der Waals surface area contributed by atoms with Crippen molar-refractivity contribution in [3.05, 3.63) is 42.2 Å². The lowest BCUT2D eigenvalue weighted by Crippen LogP contribution is -2.34. The Hall–Kier alpha value is -3.20. The van der Waals surface area contributed by atoms with E-state index in [1.165, 1.54) is 0 Å². The summed E-state index contributed by atoms with van der Waals surface area (Å²) in [7, 11) is 0. The molecule has 31 heavy (non-hydrogen) atoms. The summed E-state index contributed by atoms with van der Waals surface area (Å²) >= 11 is 0. The van der Waals surface area contributed by atoms with Crippen molar-refractivity contribution in [3.8, 4) is 17.1 Å². The maximum absolute atomic E-state index is 11.9. The van der Waals surface area contributed by atoms with Gasteiger partial charge in [0.15, 0.2) is 0 Å². The number of nitrogens with zero attached hydrogens (tertiary/aromatic N) is 2. The average Bonchev–Trinajstić information content (AvgIpc) is 2.72. The molecule has 0 saturated heterocycles. The maximum atomic E-state index is 11.9. The Morgan fingerprint density at radius 3 is 2.65 bits per heavy atom. The van der Waals surface area contributed by atoms with Gasteiger partial charge in [0.25, 0.3) is 0 Å². The minimum Gasteiger partial charge on any atom is -0.475 e. The molecule has 0 aliphatic rings. The zero-order chi connectivity index (χ0) is 22.7. The summed E-state index contributed by atoms with van der Waals surface area (Å²) in [4.78, 5) is 31.9. The number of ether oxygens (including phenoxy) is 4. The molecule has 0 atom stereocenters. The van der Waals surface area contributed by atoms with Crippen LogP contribution in [0, 0.1) is 0 Å². The van der Waals surface area contributed by atoms with Crippen LogP contribution in [-0.4, -0.2) is 60.6 Å². The second-order valence-electron chi connectivity index (χ2n) is 7.40. The van der Waals surface area contributed by atoms with Gasteiger partial charge in [0, 0.05) is 24.4 Å². The predicted octanol–water partition coefficient (Wildman–Crippen LogP) is 3.24. The third kappa shape index (κ3) is 9.00. The lowest BCUT2D eigenvalue weighted by Gasteiger charge is -2.19. The molecule has 0 radical (unpaired) electrons. The van der Waals surface area contributed by atoms with Crippen LogP contribution in [0.3, 0.4) is 0 Å². The average molecular weight is 431 g/mol. The molecule has 168 valence electrons. The van der Waals surface area contributed by atoms with Gasteiger partial charge >= 0.3 is 12.1 Å². The number of hydrogen-bond acceptors (Lipinski definition) is 8. The highest BCUT2D eigenvalue weighted by Gasteiger charge is 2.15. The summed E-state index contributed by atoms with van der Waals surface area (Å²) in [6.07, 6.45) is 1.13. The van der Waals surface area contributed by atoms with Gasteiger partial charge in [0.1, 0.15) is 17.9 Å². The maximum Gasteiger partial charge on any atom is 0.407 e. The monoisotopic (exact) mass is 431 g/mol. The van der Waals surface area contributed by atoms with Gasteiger partial charge in [-0.1, -0.05) is 6.07 Å². The molecular weight excluding hydrogens is 402 g/mol. The van der Waals surface area contributed by atoms with E-state index in [0.29, 0.717) is 37.9 Å². The zero-order valence-electron chi connectivity index (χ0n) is 18.3. The first-order valence-corrected chi connectivity index (χ1v) is 10.1. The van der Waals surface area contributed by atoms with Crippen LogP contribution < -0.4 is 10.1 Å². The molecule has 0 fully saturated rings. The van der Waals surface area contributed by atoms with Gasteiger partial charge in [0.2, 0.25) is 5.88 Å². The summed E-state index contributed by atoms with van der Waals surface area (Å²) in [6, 6.07) is 8.66. The van der Waals surface area contributed by atoms with Crippen LogP contribution in [0.15, 0.2) is 36.5 Å². The summed E-state index contributed by atoms with van der Waals surface area (Å²) < 4.78 is 21.2. The SMILES string of the molecule is CCOC(=O)c1cccc(-c2ccnc(OCCOCCNC(=O)OC(C)(C)C)c2)n1. The molecule has 2 aromatic heterocycles. The fourth-order valence-corrected chi connectivity index (χ4v) is 2.41. The third-order valence-electron chi connectivity index (χ3n) is 3.66. The Labute approximate surface area is 182 Å². The van der Waals surface area contributed by atoms with Crippen LogP contribution in [0.1, 0.15) is 38.2 Å². The van der Waals surface area contributed by atoms with Gasteiger partial charge in [-0.25, -0.2) is 19.6 Å². The number of rotatable bonds is 10. The number of alkyl carbamates (subject to hydrolysis) is 1. The van der Waals surface area contributed by atoms with Crippen LogP contribution in [0.5, 0.6) is 5.88 Å². The third-order valence-corrected chi connectivity index (χ3v) is 3.66. The standard InChI is InChI=1S/C22H29N3O6/c1-5-29-20(26)18-8-6-7-17(25-18)16-9-10-23-19(15-16)30-14-13-28-12-11-24-21(27)31-22(2,3)4/h6-10,15H,5,11-14H2,1-4H3,(H,24,27). The zero-order valence-corrected chi connectivity index (χ0v) is 18.3. The topological polar surface area (TPSA) is 109 Å². The molecule has 2 heterocycles. The number of carbonyl (C=O) groups excluding carboxylic acids is 2. The number of hydrogen-bond donors (Lipinski definition) is 1. The van der Waals surface area contributed by atoms with Gasteiger partial charge in [-0.2, -0.15) is 0 Å². The van der Waals surface area contributed by atoms with Crippen molar-refractivity contribution in [2.24, 2.45) is 0 Å². The van der Waals surface area contributed by atoms with Gasteiger partial charge in [-0.05, 0) is 45.9 Å². The van der Waals surface area contributed by atoms with Gasteiger partial charge < -0.3 is 24.3 Å². The van der Waals surface area contributed by atoms with Crippen LogP contribution in [-0.2, 0) is 14.2 Å². The first kappa shape index (κ1) is 24.1. The number of pyridine rings is 2. The summed E-state index contributed by atoms with van der Waals surface area (Å²) in [6.45, 7) is 8.74. The van der Waals surface area contributed by atoms with Gasteiger partial charge in [-0.15, -0.1) is 0 Å². The van der Waals surface area contributed by atoms with Crippen LogP contribution in [0.4, 0.5) is 4.79 Å². The molecule has 1 N–H and O–H groups in total. The first-order valence-electron chi connectivity index (χ1n) is 10.1. The Bertz CT molecular complexity index is 866. The normalized spacial score (nSPS) is 11.0. The highest BCUT2D eigenvalue weighted by molar-refractivity contribution is 5.87. The van der Waals surface area contributed by atoms with E-state index in [4.69, 9.17) is 18.9 Å². The van der Waals surface area contributed by atoms with Crippen molar-refractivity contribution >= 4 is 12.1 Å². The molecule has 0 bridgehead atoms. The van der Waals surface area contributed by atoms with Crippen LogP contribution >= 0.6 is 0 Å². The number of carbonyl (C=O) groups is 2. The number of esters is 1. The summed E-state index contributed by atoms with van der Waals surface area (Å²) in [5, 5.41) is 2.61. The van der Waals surface area contributed by atoms with E-state index < -0.39 is 17.7 Å². The Morgan fingerprint density at radius 1 is 1.10 bits per heavy atom. The molecule has 2 aromatic rings.